The van der Waals surface area contributed by atoms with Crippen LogP contribution in [0.4, 0.5) is 0 Å². The molecule has 1 atom stereocenters. The van der Waals surface area contributed by atoms with Gasteiger partial charge in [0.15, 0.2) is 6.61 Å². The molecule has 1 amide bonds. The van der Waals surface area contributed by atoms with Gasteiger partial charge in [-0.15, -0.1) is 0 Å². The molecule has 0 spiro atoms. The van der Waals surface area contributed by atoms with Gasteiger partial charge in [-0.3, -0.25) is 9.78 Å². The number of carbonyl (C=O) groups excluding carboxylic acids is 2. The topological polar surface area (TPSA) is 68.3 Å². The molecule has 0 fully saturated rings. The van der Waals surface area contributed by atoms with Crippen molar-refractivity contribution in [1.82, 2.24) is 10.3 Å². The molecule has 0 unspecified atom stereocenters. The van der Waals surface area contributed by atoms with E-state index in [1.807, 2.05) is 43.3 Å². The van der Waals surface area contributed by atoms with Crippen molar-refractivity contribution >= 4 is 34.4 Å². The highest BCUT2D eigenvalue weighted by atomic mass is 35.5. The molecule has 0 radical (unpaired) electrons. The zero-order chi connectivity index (χ0) is 20.4. The van der Waals surface area contributed by atoms with Gasteiger partial charge in [-0.05, 0) is 55.5 Å². The molecule has 3 aromatic rings. The molecule has 0 saturated carbocycles. The average molecular weight is 409 g/mol. The summed E-state index contributed by atoms with van der Waals surface area (Å²) in [7, 11) is 0. The Hall–Kier alpha value is -2.92. The highest BCUT2D eigenvalue weighted by Crippen LogP contribution is 2.30. The lowest BCUT2D eigenvalue weighted by Crippen LogP contribution is -2.31. The number of benzene rings is 2. The van der Waals surface area contributed by atoms with Gasteiger partial charge in [0.25, 0.3) is 5.91 Å². The van der Waals surface area contributed by atoms with Crippen molar-refractivity contribution in [2.24, 2.45) is 0 Å². The summed E-state index contributed by atoms with van der Waals surface area (Å²) in [6.45, 7) is 1.52. The molecule has 1 heterocycles. The van der Waals surface area contributed by atoms with E-state index >= 15 is 0 Å². The molecule has 4 rings (SSSR count). The van der Waals surface area contributed by atoms with Crippen LogP contribution in [0.1, 0.15) is 46.6 Å². The number of fused-ring (bicyclic) bond motifs is 2. The van der Waals surface area contributed by atoms with Crippen LogP contribution >= 0.6 is 11.6 Å². The summed E-state index contributed by atoms with van der Waals surface area (Å²) in [5.74, 6) is -0.840. The van der Waals surface area contributed by atoms with Crippen LogP contribution < -0.4 is 5.32 Å². The summed E-state index contributed by atoms with van der Waals surface area (Å²) < 4.78 is 5.38. The number of hydrogen-bond donors (Lipinski definition) is 1. The molecule has 1 aliphatic rings. The maximum Gasteiger partial charge on any atom is 0.339 e. The minimum Gasteiger partial charge on any atom is -0.452 e. The third-order valence-corrected chi connectivity index (χ3v) is 5.42. The second-order valence-electron chi connectivity index (χ2n) is 7.20. The van der Waals surface area contributed by atoms with Crippen LogP contribution in [-0.2, 0) is 22.4 Å². The van der Waals surface area contributed by atoms with Crippen molar-refractivity contribution < 1.29 is 14.3 Å². The summed E-state index contributed by atoms with van der Waals surface area (Å²) >= 11 is 6.00. The first-order valence-electron chi connectivity index (χ1n) is 9.65. The van der Waals surface area contributed by atoms with E-state index in [0.29, 0.717) is 10.6 Å². The molecule has 1 aromatic heterocycles. The number of para-hydroxylation sites is 1. The third kappa shape index (κ3) is 4.10. The number of carbonyl (C=O) groups is 2. The minimum absolute atomic E-state index is 0.245. The molecule has 0 aliphatic heterocycles. The van der Waals surface area contributed by atoms with Crippen molar-refractivity contribution in [2.45, 2.75) is 32.2 Å². The monoisotopic (exact) mass is 408 g/mol. The zero-order valence-corrected chi connectivity index (χ0v) is 16.8. The van der Waals surface area contributed by atoms with Crippen LogP contribution in [0, 0.1) is 0 Å². The number of nitrogens with one attached hydrogen (secondary N) is 1. The first kappa shape index (κ1) is 19.4. The highest BCUT2D eigenvalue weighted by molar-refractivity contribution is 6.30. The Morgan fingerprint density at radius 1 is 1.17 bits per heavy atom. The molecule has 148 valence electrons. The van der Waals surface area contributed by atoms with Crippen LogP contribution in [0.5, 0.6) is 0 Å². The summed E-state index contributed by atoms with van der Waals surface area (Å²) in [5, 5.41) is 4.21. The van der Waals surface area contributed by atoms with Gasteiger partial charge in [0.1, 0.15) is 0 Å². The Balaban J connectivity index is 1.47. The quantitative estimate of drug-likeness (QED) is 0.635. The molecule has 1 aliphatic carbocycles. The predicted octanol–water partition coefficient (Wildman–Crippen LogP) is 4.41. The molecule has 5 nitrogen and oxygen atoms in total. The Morgan fingerprint density at radius 2 is 2.00 bits per heavy atom. The number of pyridine rings is 1. The predicted molar refractivity (Wildman–Crippen MR) is 112 cm³/mol. The van der Waals surface area contributed by atoms with E-state index in [-0.39, 0.29) is 18.6 Å². The average Bonchev–Trinajstić information content (AvgIpc) is 3.18. The number of amides is 1. The second-order valence-corrected chi connectivity index (χ2v) is 7.64. The number of hydrogen-bond acceptors (Lipinski definition) is 4. The number of aromatic nitrogens is 1. The van der Waals surface area contributed by atoms with Crippen LogP contribution in [0.15, 0.2) is 48.5 Å². The van der Waals surface area contributed by atoms with E-state index in [0.717, 1.165) is 47.0 Å². The fraction of sp³-hybridized carbons (Fsp3) is 0.261. The van der Waals surface area contributed by atoms with Gasteiger partial charge >= 0.3 is 5.97 Å². The highest BCUT2D eigenvalue weighted by Gasteiger charge is 2.25. The number of esters is 1. The second kappa shape index (κ2) is 8.21. The summed E-state index contributed by atoms with van der Waals surface area (Å²) in [4.78, 5) is 29.9. The van der Waals surface area contributed by atoms with E-state index in [2.05, 4.69) is 10.3 Å². The molecule has 0 saturated heterocycles. The van der Waals surface area contributed by atoms with E-state index < -0.39 is 5.97 Å². The number of nitrogens with zero attached hydrogens (tertiary/aromatic N) is 1. The molecule has 0 bridgehead atoms. The summed E-state index contributed by atoms with van der Waals surface area (Å²) in [6, 6.07) is 14.6. The van der Waals surface area contributed by atoms with Gasteiger partial charge < -0.3 is 10.1 Å². The lowest BCUT2D eigenvalue weighted by atomic mass is 10.0. The van der Waals surface area contributed by atoms with Crippen molar-refractivity contribution in [2.75, 3.05) is 6.61 Å². The normalized spacial score (nSPS) is 13.7. The first-order chi connectivity index (χ1) is 14.0. The lowest BCUT2D eigenvalue weighted by Gasteiger charge is -2.15. The van der Waals surface area contributed by atoms with Gasteiger partial charge in [0, 0.05) is 16.1 Å². The van der Waals surface area contributed by atoms with Gasteiger partial charge in [0.2, 0.25) is 0 Å². The van der Waals surface area contributed by atoms with Crippen molar-refractivity contribution in [3.63, 3.8) is 0 Å². The van der Waals surface area contributed by atoms with Crippen molar-refractivity contribution in [1.29, 1.82) is 0 Å². The first-order valence-corrected chi connectivity index (χ1v) is 10.0. The van der Waals surface area contributed by atoms with Gasteiger partial charge in [-0.25, -0.2) is 4.79 Å². The SMILES string of the molecule is C[C@@H](NC(=O)COC(=O)c1c2c(nc3ccccc13)CCC2)c1cccc(Cl)c1. The van der Waals surface area contributed by atoms with Crippen LogP contribution in [0.2, 0.25) is 5.02 Å². The Kier molecular flexibility index (Phi) is 5.49. The molecule has 6 heteroatoms. The molecule has 1 N–H and O–H groups in total. The fourth-order valence-corrected chi connectivity index (χ4v) is 3.99. The minimum atomic E-state index is -0.479. The number of aryl methyl sites for hydroxylation is 1. The zero-order valence-electron chi connectivity index (χ0n) is 16.1. The largest absolute Gasteiger partial charge is 0.452 e. The maximum absolute atomic E-state index is 12.9. The Labute approximate surface area is 174 Å². The van der Waals surface area contributed by atoms with Gasteiger partial charge in [-0.2, -0.15) is 0 Å². The Bertz CT molecular complexity index is 1100. The van der Waals surface area contributed by atoms with E-state index in [1.165, 1.54) is 0 Å². The standard InChI is InChI=1S/C23H21ClN2O3/c1-14(15-6-4-7-16(24)12-15)25-21(27)13-29-23(28)22-17-8-2-3-10-19(17)26-20-11-5-9-18(20)22/h2-4,6-8,10,12,14H,5,9,11,13H2,1H3,(H,25,27)/t14-/m1/s1. The Morgan fingerprint density at radius 3 is 2.83 bits per heavy atom. The third-order valence-electron chi connectivity index (χ3n) is 5.18. The lowest BCUT2D eigenvalue weighted by molar-refractivity contribution is -0.124. The number of rotatable bonds is 5. The number of ether oxygens (including phenoxy) is 1. The molecular weight excluding hydrogens is 388 g/mol. The van der Waals surface area contributed by atoms with Crippen LogP contribution in [0.25, 0.3) is 10.9 Å². The summed E-state index contributed by atoms with van der Waals surface area (Å²) in [6.07, 6.45) is 2.63. The van der Waals surface area contributed by atoms with Crippen molar-refractivity contribution in [3.05, 3.63) is 75.9 Å². The van der Waals surface area contributed by atoms with E-state index in [9.17, 15) is 9.59 Å². The molecular formula is C23H21ClN2O3. The van der Waals surface area contributed by atoms with E-state index in [4.69, 9.17) is 16.3 Å². The maximum atomic E-state index is 12.9. The smallest absolute Gasteiger partial charge is 0.339 e. The molecule has 2 aromatic carbocycles. The molecule has 29 heavy (non-hydrogen) atoms. The van der Waals surface area contributed by atoms with Crippen LogP contribution in [-0.4, -0.2) is 23.5 Å². The van der Waals surface area contributed by atoms with Gasteiger partial charge in [0.05, 0.1) is 17.1 Å². The number of halogens is 1. The summed E-state index contributed by atoms with van der Waals surface area (Å²) in [5.41, 5.74) is 4.10. The van der Waals surface area contributed by atoms with Crippen LogP contribution in [0.3, 0.4) is 0 Å². The fourth-order valence-electron chi connectivity index (χ4n) is 3.79. The van der Waals surface area contributed by atoms with Crippen molar-refractivity contribution in [3.8, 4) is 0 Å². The van der Waals surface area contributed by atoms with E-state index in [1.54, 1.807) is 12.1 Å². The van der Waals surface area contributed by atoms with Gasteiger partial charge in [-0.1, -0.05) is 41.9 Å².